The van der Waals surface area contributed by atoms with Gasteiger partial charge in [-0.3, -0.25) is 4.79 Å². The number of hydrogen-bond acceptors (Lipinski definition) is 6. The van der Waals surface area contributed by atoms with Gasteiger partial charge in [0, 0.05) is 13.5 Å². The van der Waals surface area contributed by atoms with Gasteiger partial charge in [-0.2, -0.15) is 0 Å². The van der Waals surface area contributed by atoms with E-state index in [2.05, 4.69) is 9.47 Å². The molecule has 1 atom stereocenters. The molecule has 0 saturated heterocycles. The molecule has 17 heavy (non-hydrogen) atoms. The molecule has 0 fully saturated rings. The second-order valence-electron chi connectivity index (χ2n) is 2.89. The van der Waals surface area contributed by atoms with Gasteiger partial charge in [0.1, 0.15) is 12.9 Å². The topological polar surface area (TPSA) is 95.7 Å². The number of methoxy groups -OCH3 is 1. The number of nitrogens with two attached hydrogens (primary N) is 1. The molecule has 0 aliphatic rings. The molecule has 6 heteroatoms. The molecule has 0 aromatic carbocycles. The lowest BCUT2D eigenvalue weighted by Crippen LogP contribution is -2.25. The zero-order valence-electron chi connectivity index (χ0n) is 10.6. The van der Waals surface area contributed by atoms with Crippen LogP contribution in [-0.2, 0) is 23.9 Å². The van der Waals surface area contributed by atoms with E-state index >= 15 is 0 Å². The SMILES string of the molecule is CC.COCCOC(=O)C(=O)CC[C@H](N)C=O. The molecule has 0 aliphatic carbocycles. The summed E-state index contributed by atoms with van der Waals surface area (Å²) < 4.78 is 9.20. The highest BCUT2D eigenvalue weighted by atomic mass is 16.6. The van der Waals surface area contributed by atoms with E-state index in [0.717, 1.165) is 0 Å². The molecule has 0 unspecified atom stereocenters. The lowest BCUT2D eigenvalue weighted by atomic mass is 10.1. The molecule has 0 bridgehead atoms. The number of carbonyl (C=O) groups is 3. The maximum Gasteiger partial charge on any atom is 0.374 e. The van der Waals surface area contributed by atoms with Crippen LogP contribution in [0.1, 0.15) is 26.7 Å². The second kappa shape index (κ2) is 12.8. The summed E-state index contributed by atoms with van der Waals surface area (Å²) in [7, 11) is 1.46. The van der Waals surface area contributed by atoms with Crippen LogP contribution in [0.25, 0.3) is 0 Å². The van der Waals surface area contributed by atoms with Crippen molar-refractivity contribution in [2.24, 2.45) is 5.73 Å². The van der Waals surface area contributed by atoms with Crippen molar-refractivity contribution < 1.29 is 23.9 Å². The number of ketones is 1. The Morgan fingerprint density at radius 2 is 1.88 bits per heavy atom. The van der Waals surface area contributed by atoms with E-state index in [4.69, 9.17) is 5.73 Å². The summed E-state index contributed by atoms with van der Waals surface area (Å²) in [5, 5.41) is 0. The molecule has 0 amide bonds. The molecule has 0 aliphatic heterocycles. The minimum Gasteiger partial charge on any atom is -0.458 e. The Hall–Kier alpha value is -1.27. The van der Waals surface area contributed by atoms with E-state index in [0.29, 0.717) is 6.29 Å². The minimum absolute atomic E-state index is 0.0425. The molecule has 0 radical (unpaired) electrons. The van der Waals surface area contributed by atoms with Gasteiger partial charge in [-0.25, -0.2) is 4.79 Å². The molecule has 0 spiro atoms. The van der Waals surface area contributed by atoms with Crippen molar-refractivity contribution in [2.45, 2.75) is 32.7 Å². The van der Waals surface area contributed by atoms with Crippen LogP contribution < -0.4 is 5.73 Å². The van der Waals surface area contributed by atoms with Crippen molar-refractivity contribution in [1.29, 1.82) is 0 Å². The van der Waals surface area contributed by atoms with Gasteiger partial charge in [-0.05, 0) is 6.42 Å². The van der Waals surface area contributed by atoms with E-state index < -0.39 is 17.8 Å². The number of Topliss-reactive ketones (excluding diaryl/α,β-unsaturated/α-hetero) is 1. The van der Waals surface area contributed by atoms with Crippen LogP contribution in [-0.4, -0.2) is 44.4 Å². The summed E-state index contributed by atoms with van der Waals surface area (Å²) in [6.45, 7) is 4.29. The third-order valence-electron chi connectivity index (χ3n) is 1.63. The second-order valence-corrected chi connectivity index (χ2v) is 2.89. The molecule has 2 N–H and O–H groups in total. The third kappa shape index (κ3) is 11.0. The summed E-state index contributed by atoms with van der Waals surface area (Å²) in [5.74, 6) is -1.59. The van der Waals surface area contributed by atoms with E-state index in [-0.39, 0.29) is 26.1 Å². The lowest BCUT2D eigenvalue weighted by molar-refractivity contribution is -0.154. The van der Waals surface area contributed by atoms with Crippen molar-refractivity contribution >= 4 is 18.0 Å². The molecule has 0 aromatic rings. The number of esters is 1. The van der Waals surface area contributed by atoms with Crippen LogP contribution in [0.15, 0.2) is 0 Å². The first-order valence-electron chi connectivity index (χ1n) is 5.51. The number of aldehydes is 1. The minimum atomic E-state index is -0.912. The molecular weight excluding hydrogens is 226 g/mol. The first-order valence-corrected chi connectivity index (χ1v) is 5.51. The number of hydrogen-bond donors (Lipinski definition) is 1. The number of carbonyl (C=O) groups excluding carboxylic acids is 3. The van der Waals surface area contributed by atoms with Gasteiger partial charge < -0.3 is 20.0 Å². The zero-order chi connectivity index (χ0) is 13.7. The van der Waals surface area contributed by atoms with Gasteiger partial charge in [-0.1, -0.05) is 13.8 Å². The maximum atomic E-state index is 11.1. The monoisotopic (exact) mass is 247 g/mol. The molecule has 0 rings (SSSR count). The van der Waals surface area contributed by atoms with Gasteiger partial charge in [0.05, 0.1) is 12.6 Å². The Bertz CT molecular complexity index is 230. The normalized spacial score (nSPS) is 10.8. The van der Waals surface area contributed by atoms with Crippen molar-refractivity contribution in [3.05, 3.63) is 0 Å². The van der Waals surface area contributed by atoms with Crippen molar-refractivity contribution in [3.63, 3.8) is 0 Å². The van der Waals surface area contributed by atoms with Crippen LogP contribution in [0, 0.1) is 0 Å². The fourth-order valence-corrected chi connectivity index (χ4v) is 0.766. The fourth-order valence-electron chi connectivity index (χ4n) is 0.766. The van der Waals surface area contributed by atoms with E-state index in [1.54, 1.807) is 0 Å². The third-order valence-corrected chi connectivity index (χ3v) is 1.63. The van der Waals surface area contributed by atoms with Gasteiger partial charge in [0.2, 0.25) is 5.78 Å². The Labute approximate surface area is 101 Å². The average Bonchev–Trinajstić information content (AvgIpc) is 2.37. The van der Waals surface area contributed by atoms with Crippen molar-refractivity contribution in [3.8, 4) is 0 Å². The predicted octanol–water partition coefficient (Wildman–Crippen LogP) is 0.0777. The molecular formula is C11H21NO5. The average molecular weight is 247 g/mol. The van der Waals surface area contributed by atoms with Crippen LogP contribution in [0.2, 0.25) is 0 Å². The highest BCUT2D eigenvalue weighted by Crippen LogP contribution is 1.96. The number of ether oxygens (including phenoxy) is 2. The first-order chi connectivity index (χ1) is 8.11. The zero-order valence-corrected chi connectivity index (χ0v) is 10.6. The Balaban J connectivity index is 0. The Kier molecular flexibility index (Phi) is 13.6. The molecule has 0 saturated carbocycles. The maximum absolute atomic E-state index is 11.1. The Morgan fingerprint density at radius 1 is 1.29 bits per heavy atom. The quantitative estimate of drug-likeness (QED) is 0.282. The van der Waals surface area contributed by atoms with E-state index in [1.165, 1.54) is 7.11 Å². The standard InChI is InChI=1S/C9H15NO5.C2H6/c1-14-4-5-15-9(13)8(12)3-2-7(10)6-11;1-2/h6-7H,2-5,10H2,1H3;1-2H3/t7-;/m0./s1. The largest absolute Gasteiger partial charge is 0.458 e. The van der Waals surface area contributed by atoms with Gasteiger partial charge in [0.15, 0.2) is 0 Å². The predicted molar refractivity (Wildman–Crippen MR) is 62.5 cm³/mol. The van der Waals surface area contributed by atoms with Gasteiger partial charge in [0.25, 0.3) is 0 Å². The molecule has 6 nitrogen and oxygen atoms in total. The molecule has 0 aromatic heterocycles. The van der Waals surface area contributed by atoms with Crippen LogP contribution >= 0.6 is 0 Å². The molecule has 0 heterocycles. The summed E-state index contributed by atoms with van der Waals surface area (Å²) in [6, 6.07) is -0.708. The van der Waals surface area contributed by atoms with Crippen molar-refractivity contribution in [1.82, 2.24) is 0 Å². The Morgan fingerprint density at radius 3 is 2.35 bits per heavy atom. The highest BCUT2D eigenvalue weighted by Gasteiger charge is 2.16. The lowest BCUT2D eigenvalue weighted by Gasteiger charge is -2.04. The highest BCUT2D eigenvalue weighted by molar-refractivity contribution is 6.33. The van der Waals surface area contributed by atoms with E-state index in [9.17, 15) is 14.4 Å². The van der Waals surface area contributed by atoms with E-state index in [1.807, 2.05) is 13.8 Å². The molecule has 100 valence electrons. The van der Waals surface area contributed by atoms with Crippen molar-refractivity contribution in [2.75, 3.05) is 20.3 Å². The van der Waals surface area contributed by atoms with Gasteiger partial charge >= 0.3 is 5.97 Å². The van der Waals surface area contributed by atoms with Crippen LogP contribution in [0.4, 0.5) is 0 Å². The van der Waals surface area contributed by atoms with Crippen LogP contribution in [0.3, 0.4) is 0 Å². The summed E-state index contributed by atoms with van der Waals surface area (Å²) in [6.07, 6.45) is 0.608. The smallest absolute Gasteiger partial charge is 0.374 e. The van der Waals surface area contributed by atoms with Crippen LogP contribution in [0.5, 0.6) is 0 Å². The summed E-state index contributed by atoms with van der Waals surface area (Å²) in [4.78, 5) is 32.2. The first kappa shape index (κ1) is 18.1. The summed E-state index contributed by atoms with van der Waals surface area (Å²) >= 11 is 0. The summed E-state index contributed by atoms with van der Waals surface area (Å²) in [5.41, 5.74) is 5.25. The number of rotatable bonds is 8. The van der Waals surface area contributed by atoms with Gasteiger partial charge in [-0.15, -0.1) is 0 Å². The fraction of sp³-hybridized carbons (Fsp3) is 0.727.